The van der Waals surface area contributed by atoms with Gasteiger partial charge in [-0.1, -0.05) is 15.9 Å². The molecule has 0 saturated heterocycles. The molecule has 0 aromatic heterocycles. The van der Waals surface area contributed by atoms with Crippen molar-refractivity contribution in [3.63, 3.8) is 0 Å². The van der Waals surface area contributed by atoms with Gasteiger partial charge in [-0.15, -0.1) is 0 Å². The summed E-state index contributed by atoms with van der Waals surface area (Å²) in [6.45, 7) is 0. The average molecular weight is 354 g/mol. The largest absolute Gasteiger partial charge is 0.507 e. The maximum atomic E-state index is 13.7. The van der Waals surface area contributed by atoms with E-state index >= 15 is 0 Å². The number of phenols is 1. The van der Waals surface area contributed by atoms with Crippen molar-refractivity contribution >= 4 is 33.5 Å². The summed E-state index contributed by atoms with van der Waals surface area (Å²) in [5.74, 6) is -3.11. The fourth-order valence-electron chi connectivity index (χ4n) is 1.63. The van der Waals surface area contributed by atoms with Crippen molar-refractivity contribution in [2.45, 2.75) is 0 Å². The van der Waals surface area contributed by atoms with Gasteiger partial charge in [-0.3, -0.25) is 4.79 Å². The number of phenolic OH excluding ortho intramolecular Hbond substituents is 1. The molecule has 108 valence electrons. The van der Waals surface area contributed by atoms with E-state index in [1.54, 1.807) is 6.07 Å². The van der Waals surface area contributed by atoms with Crippen LogP contribution in [0.2, 0.25) is 0 Å². The summed E-state index contributed by atoms with van der Waals surface area (Å²) in [6, 6.07) is 7.37. The number of anilines is 1. The van der Waals surface area contributed by atoms with Gasteiger partial charge in [0.2, 0.25) is 0 Å². The monoisotopic (exact) mass is 353 g/mol. The highest BCUT2D eigenvalue weighted by Gasteiger charge is 2.15. The molecule has 0 aliphatic rings. The van der Waals surface area contributed by atoms with Crippen LogP contribution in [0.3, 0.4) is 0 Å². The topological polar surface area (TPSA) is 86.6 Å². The van der Waals surface area contributed by atoms with Gasteiger partial charge in [0.05, 0.1) is 16.8 Å². The Labute approximate surface area is 127 Å². The van der Waals surface area contributed by atoms with Gasteiger partial charge in [-0.2, -0.15) is 0 Å². The Hall–Kier alpha value is -2.41. The van der Waals surface area contributed by atoms with Crippen LogP contribution in [-0.2, 0) is 0 Å². The smallest absolute Gasteiger partial charge is 0.335 e. The first-order chi connectivity index (χ1) is 9.88. The van der Waals surface area contributed by atoms with Crippen LogP contribution in [0.25, 0.3) is 0 Å². The van der Waals surface area contributed by atoms with Gasteiger partial charge in [0.25, 0.3) is 5.91 Å². The molecule has 0 saturated carbocycles. The second-order valence-corrected chi connectivity index (χ2v) is 5.03. The molecule has 0 aliphatic carbocycles. The molecule has 0 unspecified atom stereocenters. The van der Waals surface area contributed by atoms with Gasteiger partial charge in [0.15, 0.2) is 0 Å². The number of hydrogen-bond acceptors (Lipinski definition) is 3. The normalized spacial score (nSPS) is 10.2. The van der Waals surface area contributed by atoms with Gasteiger partial charge < -0.3 is 15.5 Å². The minimum absolute atomic E-state index is 0.0360. The van der Waals surface area contributed by atoms with Crippen LogP contribution >= 0.6 is 15.9 Å². The van der Waals surface area contributed by atoms with E-state index in [0.29, 0.717) is 4.47 Å². The van der Waals surface area contributed by atoms with Crippen LogP contribution in [0.5, 0.6) is 5.75 Å². The lowest BCUT2D eigenvalue weighted by Crippen LogP contribution is -2.13. The van der Waals surface area contributed by atoms with E-state index in [4.69, 9.17) is 5.11 Å². The van der Waals surface area contributed by atoms with Crippen LogP contribution < -0.4 is 5.32 Å². The second-order valence-electron chi connectivity index (χ2n) is 4.12. The maximum absolute atomic E-state index is 13.7. The molecular weight excluding hydrogens is 345 g/mol. The first-order valence-corrected chi connectivity index (χ1v) is 6.50. The van der Waals surface area contributed by atoms with Gasteiger partial charge in [-0.05, 0) is 36.4 Å². The number of carbonyl (C=O) groups is 2. The highest BCUT2D eigenvalue weighted by Crippen LogP contribution is 2.24. The molecule has 0 fully saturated rings. The predicted molar refractivity (Wildman–Crippen MR) is 77.1 cm³/mol. The molecule has 3 N–H and O–H groups in total. The van der Waals surface area contributed by atoms with Gasteiger partial charge in [0.1, 0.15) is 11.6 Å². The van der Waals surface area contributed by atoms with Crippen LogP contribution in [-0.4, -0.2) is 22.1 Å². The zero-order valence-electron chi connectivity index (χ0n) is 10.4. The first kappa shape index (κ1) is 15.0. The molecular formula is C14H9BrFNO4. The van der Waals surface area contributed by atoms with Crippen molar-refractivity contribution in [2.75, 3.05) is 5.32 Å². The number of aromatic carboxylic acids is 1. The second kappa shape index (κ2) is 5.92. The van der Waals surface area contributed by atoms with E-state index in [9.17, 15) is 19.1 Å². The van der Waals surface area contributed by atoms with E-state index in [2.05, 4.69) is 21.2 Å². The average Bonchev–Trinajstić information content (AvgIpc) is 2.43. The molecule has 0 atom stereocenters. The number of amides is 1. The van der Waals surface area contributed by atoms with Crippen LogP contribution in [0.15, 0.2) is 40.9 Å². The molecule has 21 heavy (non-hydrogen) atoms. The number of nitrogens with one attached hydrogen (secondary N) is 1. The molecule has 0 bridgehead atoms. The minimum Gasteiger partial charge on any atom is -0.507 e. The quantitative estimate of drug-likeness (QED) is 0.790. The van der Waals surface area contributed by atoms with Crippen molar-refractivity contribution in [1.82, 2.24) is 0 Å². The van der Waals surface area contributed by atoms with Crippen LogP contribution in [0, 0.1) is 5.82 Å². The van der Waals surface area contributed by atoms with Crippen molar-refractivity contribution in [3.05, 3.63) is 57.8 Å². The number of carbonyl (C=O) groups excluding carboxylic acids is 1. The van der Waals surface area contributed by atoms with Crippen molar-refractivity contribution < 1.29 is 24.2 Å². The highest BCUT2D eigenvalue weighted by molar-refractivity contribution is 9.10. The first-order valence-electron chi connectivity index (χ1n) is 5.71. The zero-order chi connectivity index (χ0) is 15.6. The molecule has 1 amide bonds. The highest BCUT2D eigenvalue weighted by atomic mass is 79.9. The van der Waals surface area contributed by atoms with E-state index < -0.39 is 17.7 Å². The number of carboxylic acids is 1. The summed E-state index contributed by atoms with van der Waals surface area (Å²) < 4.78 is 14.3. The number of benzene rings is 2. The molecule has 2 rings (SSSR count). The SMILES string of the molecule is O=C(O)c1ccc(NC(=O)c2cc(Br)ccc2O)c(F)c1. The van der Waals surface area contributed by atoms with Crippen molar-refractivity contribution in [1.29, 1.82) is 0 Å². The number of hydrogen-bond donors (Lipinski definition) is 3. The summed E-state index contributed by atoms with van der Waals surface area (Å²) >= 11 is 3.16. The summed E-state index contributed by atoms with van der Waals surface area (Å²) in [5, 5.41) is 20.6. The van der Waals surface area contributed by atoms with Gasteiger partial charge in [-0.25, -0.2) is 9.18 Å². The Morgan fingerprint density at radius 2 is 1.86 bits per heavy atom. The molecule has 0 spiro atoms. The van der Waals surface area contributed by atoms with E-state index in [1.807, 2.05) is 0 Å². The fraction of sp³-hybridized carbons (Fsp3) is 0. The summed E-state index contributed by atoms with van der Waals surface area (Å²) in [7, 11) is 0. The van der Waals surface area contributed by atoms with E-state index in [-0.39, 0.29) is 22.6 Å². The Morgan fingerprint density at radius 3 is 2.48 bits per heavy atom. The van der Waals surface area contributed by atoms with E-state index in [1.165, 1.54) is 18.2 Å². The molecule has 0 radical (unpaired) electrons. The minimum atomic E-state index is -1.27. The number of rotatable bonds is 3. The lowest BCUT2D eigenvalue weighted by atomic mass is 10.1. The summed E-state index contributed by atoms with van der Waals surface area (Å²) in [4.78, 5) is 22.7. The van der Waals surface area contributed by atoms with Crippen molar-refractivity contribution in [2.24, 2.45) is 0 Å². The molecule has 0 aliphatic heterocycles. The lowest BCUT2D eigenvalue weighted by molar-refractivity contribution is 0.0696. The van der Waals surface area contributed by atoms with Crippen molar-refractivity contribution in [3.8, 4) is 5.75 Å². The molecule has 0 heterocycles. The van der Waals surface area contributed by atoms with Crippen LogP contribution in [0.1, 0.15) is 20.7 Å². The Morgan fingerprint density at radius 1 is 1.14 bits per heavy atom. The molecule has 2 aromatic rings. The Balaban J connectivity index is 2.27. The molecule has 2 aromatic carbocycles. The third-order valence-electron chi connectivity index (χ3n) is 2.67. The zero-order valence-corrected chi connectivity index (χ0v) is 12.0. The summed E-state index contributed by atoms with van der Waals surface area (Å²) in [6.07, 6.45) is 0. The fourth-order valence-corrected chi connectivity index (χ4v) is 1.99. The number of aromatic hydroxyl groups is 1. The number of carboxylic acid groups (broad SMARTS) is 1. The van der Waals surface area contributed by atoms with Crippen LogP contribution in [0.4, 0.5) is 10.1 Å². The predicted octanol–water partition coefficient (Wildman–Crippen LogP) is 3.24. The maximum Gasteiger partial charge on any atom is 0.335 e. The Kier molecular flexibility index (Phi) is 4.23. The third-order valence-corrected chi connectivity index (χ3v) is 3.16. The third kappa shape index (κ3) is 3.38. The molecule has 5 nitrogen and oxygen atoms in total. The summed E-state index contributed by atoms with van der Waals surface area (Å²) in [5.41, 5.74) is -0.439. The molecule has 7 heteroatoms. The van der Waals surface area contributed by atoms with Gasteiger partial charge in [0, 0.05) is 4.47 Å². The van der Waals surface area contributed by atoms with Gasteiger partial charge >= 0.3 is 5.97 Å². The van der Waals surface area contributed by atoms with E-state index in [0.717, 1.165) is 12.1 Å². The lowest BCUT2D eigenvalue weighted by Gasteiger charge is -2.08. The number of halogens is 2. The standard InChI is InChI=1S/C14H9BrFNO4/c15-8-2-4-12(18)9(6-8)13(19)17-11-3-1-7(14(20)21)5-10(11)16/h1-6,18H,(H,17,19)(H,20,21). The Bertz CT molecular complexity index is 733.